The van der Waals surface area contributed by atoms with Gasteiger partial charge >= 0.3 is 24.1 Å². The van der Waals surface area contributed by atoms with Crippen LogP contribution in [0.15, 0.2) is 0 Å². The molecule has 0 aromatic rings. The third kappa shape index (κ3) is 20.1. The van der Waals surface area contributed by atoms with E-state index in [-0.39, 0.29) is 63.3 Å². The topological polar surface area (TPSA) is 136 Å². The third-order valence-electron chi connectivity index (χ3n) is 7.36. The van der Waals surface area contributed by atoms with Crippen molar-refractivity contribution in [2.45, 2.75) is 111 Å². The van der Waals surface area contributed by atoms with Gasteiger partial charge in [-0.25, -0.2) is 9.59 Å². The largest absolute Gasteiger partial charge is 0.464 e. The van der Waals surface area contributed by atoms with E-state index in [9.17, 15) is 19.2 Å². The summed E-state index contributed by atoms with van der Waals surface area (Å²) in [7, 11) is 0. The van der Waals surface area contributed by atoms with Crippen LogP contribution in [-0.2, 0) is 28.5 Å². The highest BCUT2D eigenvalue weighted by atomic mass is 16.6. The zero-order chi connectivity index (χ0) is 31.7. The second-order valence-corrected chi connectivity index (χ2v) is 11.0. The number of carbonyl (C=O) groups is 4. The molecule has 1 aliphatic rings. The Balaban J connectivity index is 2.35. The number of esters is 2. The Morgan fingerprint density at radius 3 is 1.60 bits per heavy atom. The molecule has 2 amide bonds. The van der Waals surface area contributed by atoms with Gasteiger partial charge in [-0.3, -0.25) is 9.59 Å². The van der Waals surface area contributed by atoms with Crippen molar-refractivity contribution in [3.05, 3.63) is 0 Å². The lowest BCUT2D eigenvalue weighted by Gasteiger charge is -2.23. The van der Waals surface area contributed by atoms with Crippen molar-refractivity contribution in [2.24, 2.45) is 0 Å². The first-order valence-corrected chi connectivity index (χ1v) is 16.5. The maximum atomic E-state index is 12.3. The minimum atomic E-state index is -0.500. The molecule has 1 saturated heterocycles. The molecule has 0 saturated carbocycles. The first-order valence-electron chi connectivity index (χ1n) is 16.5. The molecule has 0 aromatic heterocycles. The molecule has 2 atom stereocenters. The lowest BCUT2D eigenvalue weighted by molar-refractivity contribution is -0.144. The summed E-state index contributed by atoms with van der Waals surface area (Å²) >= 11 is 0. The average Bonchev–Trinajstić information content (AvgIpc) is 3.51. The van der Waals surface area contributed by atoms with Gasteiger partial charge in [0, 0.05) is 13.1 Å². The first kappa shape index (κ1) is 38.4. The van der Waals surface area contributed by atoms with Crippen LogP contribution < -0.4 is 10.6 Å². The molecule has 2 N–H and O–H groups in total. The summed E-state index contributed by atoms with van der Waals surface area (Å²) in [5.41, 5.74) is 0. The van der Waals surface area contributed by atoms with Gasteiger partial charge in [-0.1, -0.05) is 40.5 Å². The van der Waals surface area contributed by atoms with Gasteiger partial charge in [0.05, 0.1) is 25.9 Å². The summed E-state index contributed by atoms with van der Waals surface area (Å²) in [6.07, 6.45) is 7.58. The Labute approximate surface area is 258 Å². The zero-order valence-electron chi connectivity index (χ0n) is 27.2. The highest BCUT2D eigenvalue weighted by molar-refractivity contribution is 5.70. The minimum absolute atomic E-state index is 0.0685. The van der Waals surface area contributed by atoms with Crippen LogP contribution in [0.3, 0.4) is 0 Å². The summed E-state index contributed by atoms with van der Waals surface area (Å²) in [5, 5.41) is 5.24. The van der Waals surface area contributed by atoms with Gasteiger partial charge in [0.1, 0.15) is 25.4 Å². The highest BCUT2D eigenvalue weighted by Crippen LogP contribution is 2.09. The van der Waals surface area contributed by atoms with Gasteiger partial charge in [0.15, 0.2) is 0 Å². The number of hydrogen-bond acceptors (Lipinski definition) is 10. The lowest BCUT2D eigenvalue weighted by Crippen LogP contribution is -2.34. The molecule has 0 aromatic carbocycles. The van der Waals surface area contributed by atoms with E-state index in [1.165, 1.54) is 12.8 Å². The Hall–Kier alpha value is -2.60. The van der Waals surface area contributed by atoms with E-state index in [0.717, 1.165) is 71.1 Å². The molecular weight excluding hydrogens is 556 g/mol. The summed E-state index contributed by atoms with van der Waals surface area (Å²) in [6.45, 7) is 13.4. The van der Waals surface area contributed by atoms with Crippen molar-refractivity contribution in [2.75, 3.05) is 65.6 Å². The van der Waals surface area contributed by atoms with Crippen LogP contribution in [0.25, 0.3) is 0 Å². The standard InChI is InChI=1S/C31H58N4O8/c1-5-12-26(7-3)42-30(38)32-16-24-40-28(36)14-22-35(21-11-20-34-18-9-10-19-34)23-15-29(37)41-25-17-33-31(39)43-27(8-4)13-6-2/h26-27H,5-25H2,1-4H3,(H,32,38)(H,33,39). The predicted molar refractivity (Wildman–Crippen MR) is 165 cm³/mol. The van der Waals surface area contributed by atoms with Gasteiger partial charge < -0.3 is 39.4 Å². The molecule has 2 unspecified atom stereocenters. The molecular formula is C31H58N4O8. The van der Waals surface area contributed by atoms with Crippen molar-refractivity contribution in [3.8, 4) is 0 Å². The fraction of sp³-hybridized carbons (Fsp3) is 0.871. The number of carbonyl (C=O) groups excluding carboxylic acids is 4. The number of nitrogens with zero attached hydrogens (tertiary/aromatic N) is 2. The van der Waals surface area contributed by atoms with E-state index in [4.69, 9.17) is 18.9 Å². The zero-order valence-corrected chi connectivity index (χ0v) is 27.2. The maximum absolute atomic E-state index is 12.3. The maximum Gasteiger partial charge on any atom is 0.407 e. The van der Waals surface area contributed by atoms with Crippen LogP contribution in [0.4, 0.5) is 9.59 Å². The van der Waals surface area contributed by atoms with E-state index in [2.05, 4.69) is 20.4 Å². The molecule has 12 heteroatoms. The normalized spacial score (nSPS) is 14.6. The van der Waals surface area contributed by atoms with Crippen LogP contribution in [0.1, 0.15) is 98.3 Å². The fourth-order valence-corrected chi connectivity index (χ4v) is 4.86. The molecule has 0 bridgehead atoms. The summed E-state index contributed by atoms with van der Waals surface area (Å²) in [6, 6.07) is 0. The van der Waals surface area contributed by atoms with Gasteiger partial charge in [-0.15, -0.1) is 0 Å². The molecule has 0 aliphatic carbocycles. The second kappa shape index (κ2) is 24.8. The Morgan fingerprint density at radius 2 is 1.19 bits per heavy atom. The molecule has 12 nitrogen and oxygen atoms in total. The molecule has 1 aliphatic heterocycles. The van der Waals surface area contributed by atoms with Crippen LogP contribution >= 0.6 is 0 Å². The van der Waals surface area contributed by atoms with Gasteiger partial charge in [0.25, 0.3) is 0 Å². The first-order chi connectivity index (χ1) is 20.8. The molecule has 1 fully saturated rings. The van der Waals surface area contributed by atoms with E-state index in [1.54, 1.807) is 0 Å². The quantitative estimate of drug-likeness (QED) is 0.0923. The van der Waals surface area contributed by atoms with Crippen molar-refractivity contribution in [3.63, 3.8) is 0 Å². The minimum Gasteiger partial charge on any atom is -0.464 e. The number of amides is 2. The molecule has 1 rings (SSSR count). The van der Waals surface area contributed by atoms with Crippen molar-refractivity contribution >= 4 is 24.1 Å². The van der Waals surface area contributed by atoms with Gasteiger partial charge in [-0.05, 0) is 71.1 Å². The van der Waals surface area contributed by atoms with Gasteiger partial charge in [-0.2, -0.15) is 0 Å². The smallest absolute Gasteiger partial charge is 0.407 e. The molecule has 250 valence electrons. The van der Waals surface area contributed by atoms with Crippen LogP contribution in [0.2, 0.25) is 0 Å². The number of ether oxygens (including phenoxy) is 4. The number of alkyl carbamates (subject to hydrolysis) is 2. The van der Waals surface area contributed by atoms with E-state index < -0.39 is 12.2 Å². The Morgan fingerprint density at radius 1 is 0.721 bits per heavy atom. The van der Waals surface area contributed by atoms with E-state index >= 15 is 0 Å². The van der Waals surface area contributed by atoms with Crippen molar-refractivity contribution < 1.29 is 38.1 Å². The Kier molecular flexibility index (Phi) is 22.2. The monoisotopic (exact) mass is 614 g/mol. The molecule has 0 radical (unpaired) electrons. The lowest BCUT2D eigenvalue weighted by atomic mass is 10.2. The van der Waals surface area contributed by atoms with Crippen LogP contribution in [-0.4, -0.2) is 112 Å². The van der Waals surface area contributed by atoms with Gasteiger partial charge in [0.2, 0.25) is 0 Å². The van der Waals surface area contributed by atoms with Crippen LogP contribution in [0, 0.1) is 0 Å². The van der Waals surface area contributed by atoms with E-state index in [0.29, 0.717) is 13.1 Å². The summed E-state index contributed by atoms with van der Waals surface area (Å²) in [4.78, 5) is 53.0. The number of nitrogens with one attached hydrogen (secondary N) is 2. The van der Waals surface area contributed by atoms with Crippen molar-refractivity contribution in [1.29, 1.82) is 0 Å². The number of hydrogen-bond donors (Lipinski definition) is 2. The number of likely N-dealkylation sites (tertiary alicyclic amines) is 1. The average molecular weight is 615 g/mol. The SMILES string of the molecule is CCCC(CC)OC(=O)NCCOC(=O)CCN(CCCN1CCCC1)CCC(=O)OCCNC(=O)OC(CC)CCC. The van der Waals surface area contributed by atoms with E-state index in [1.807, 2.05) is 27.7 Å². The molecule has 1 heterocycles. The predicted octanol–water partition coefficient (Wildman–Crippen LogP) is 4.25. The van der Waals surface area contributed by atoms with Crippen molar-refractivity contribution in [1.82, 2.24) is 20.4 Å². The summed E-state index contributed by atoms with van der Waals surface area (Å²) < 4.78 is 21.3. The fourth-order valence-electron chi connectivity index (χ4n) is 4.86. The third-order valence-corrected chi connectivity index (χ3v) is 7.36. The summed E-state index contributed by atoms with van der Waals surface area (Å²) in [5.74, 6) is -0.719. The second-order valence-electron chi connectivity index (χ2n) is 11.0. The highest BCUT2D eigenvalue weighted by Gasteiger charge is 2.16. The molecule has 0 spiro atoms. The van der Waals surface area contributed by atoms with Crippen LogP contribution in [0.5, 0.6) is 0 Å². The Bertz CT molecular complexity index is 727. The molecule has 43 heavy (non-hydrogen) atoms. The number of rotatable bonds is 24.